The van der Waals surface area contributed by atoms with E-state index in [-0.39, 0.29) is 0 Å². The van der Waals surface area contributed by atoms with Crippen LogP contribution >= 0.6 is 0 Å². The van der Waals surface area contributed by atoms with Gasteiger partial charge in [-0.2, -0.15) is 10.4 Å². The number of para-hydroxylation sites is 2. The number of aromatic nitrogens is 4. The first kappa shape index (κ1) is 14.3. The Kier molecular flexibility index (Phi) is 3.03. The molecule has 0 atom stereocenters. The van der Waals surface area contributed by atoms with Gasteiger partial charge in [-0.25, -0.2) is 4.98 Å². The van der Waals surface area contributed by atoms with Gasteiger partial charge in [0.25, 0.3) is 0 Å². The van der Waals surface area contributed by atoms with Crippen LogP contribution in [-0.2, 0) is 0 Å². The summed E-state index contributed by atoms with van der Waals surface area (Å²) in [4.78, 5) is 4.66. The number of nitrogens with one attached hydrogen (secondary N) is 2. The van der Waals surface area contributed by atoms with E-state index in [1.54, 1.807) is 0 Å². The monoisotopic (exact) mass is 316 g/mol. The van der Waals surface area contributed by atoms with Gasteiger partial charge in [-0.05, 0) is 44.5 Å². The van der Waals surface area contributed by atoms with Crippen LogP contribution in [0.25, 0.3) is 16.7 Å². The zero-order valence-corrected chi connectivity index (χ0v) is 13.7. The molecule has 3 aromatic heterocycles. The lowest BCUT2D eigenvalue weighted by Gasteiger charge is -2.12. The highest BCUT2D eigenvalue weighted by Gasteiger charge is 2.16. The molecule has 6 nitrogen and oxygen atoms in total. The topological polar surface area (TPSA) is 81.8 Å². The van der Waals surface area contributed by atoms with Crippen molar-refractivity contribution in [3.63, 3.8) is 0 Å². The van der Waals surface area contributed by atoms with E-state index >= 15 is 0 Å². The fourth-order valence-electron chi connectivity index (χ4n) is 3.05. The van der Waals surface area contributed by atoms with Crippen molar-refractivity contribution in [2.45, 2.75) is 20.8 Å². The smallest absolute Gasteiger partial charge is 0.157 e. The van der Waals surface area contributed by atoms with Crippen LogP contribution in [0.2, 0.25) is 0 Å². The number of anilines is 2. The lowest BCUT2D eigenvalue weighted by atomic mass is 10.1. The third kappa shape index (κ3) is 1.95. The third-order valence-corrected chi connectivity index (χ3v) is 4.27. The highest BCUT2D eigenvalue weighted by atomic mass is 15.2. The van der Waals surface area contributed by atoms with Gasteiger partial charge >= 0.3 is 0 Å². The van der Waals surface area contributed by atoms with Crippen molar-refractivity contribution in [1.82, 2.24) is 19.6 Å². The van der Waals surface area contributed by atoms with Crippen LogP contribution in [0.5, 0.6) is 0 Å². The summed E-state index contributed by atoms with van der Waals surface area (Å²) in [5, 5.41) is 20.2. The summed E-state index contributed by atoms with van der Waals surface area (Å²) in [5.74, 6) is 0.864. The molecular formula is C18H16N6. The van der Waals surface area contributed by atoms with Gasteiger partial charge in [0.1, 0.15) is 11.9 Å². The van der Waals surface area contributed by atoms with Gasteiger partial charge in [-0.1, -0.05) is 12.1 Å². The molecule has 0 aliphatic carbocycles. The van der Waals surface area contributed by atoms with E-state index in [1.807, 2.05) is 55.5 Å². The van der Waals surface area contributed by atoms with E-state index < -0.39 is 0 Å². The molecular weight excluding hydrogens is 300 g/mol. The second-order valence-electron chi connectivity index (χ2n) is 5.89. The minimum absolute atomic E-state index is 0.595. The van der Waals surface area contributed by atoms with Gasteiger partial charge in [0.15, 0.2) is 5.65 Å². The molecule has 0 aliphatic heterocycles. The van der Waals surface area contributed by atoms with Gasteiger partial charge in [0.2, 0.25) is 0 Å². The molecule has 0 bridgehead atoms. The molecule has 118 valence electrons. The van der Waals surface area contributed by atoms with Crippen molar-refractivity contribution >= 4 is 28.2 Å². The molecule has 0 saturated heterocycles. The normalized spacial score (nSPS) is 11.1. The van der Waals surface area contributed by atoms with Gasteiger partial charge in [0.05, 0.1) is 33.7 Å². The van der Waals surface area contributed by atoms with Crippen LogP contribution in [0.3, 0.4) is 0 Å². The molecule has 2 N–H and O–H groups in total. The van der Waals surface area contributed by atoms with Crippen LogP contribution in [0.15, 0.2) is 30.3 Å². The van der Waals surface area contributed by atoms with Crippen LogP contribution in [-0.4, -0.2) is 19.6 Å². The lowest BCUT2D eigenvalue weighted by Crippen LogP contribution is -2.03. The maximum atomic E-state index is 9.54. The molecule has 0 fully saturated rings. The van der Waals surface area contributed by atoms with E-state index in [9.17, 15) is 5.26 Å². The summed E-state index contributed by atoms with van der Waals surface area (Å²) in [6.07, 6.45) is 0. The number of imidazole rings is 1. The predicted molar refractivity (Wildman–Crippen MR) is 93.5 cm³/mol. The number of benzene rings is 1. The molecule has 4 aromatic rings. The Hall–Kier alpha value is -3.33. The first-order valence-electron chi connectivity index (χ1n) is 7.69. The van der Waals surface area contributed by atoms with Crippen LogP contribution < -0.4 is 5.32 Å². The van der Waals surface area contributed by atoms with Gasteiger partial charge < -0.3 is 5.32 Å². The fraction of sp³-hybridized carbons (Fsp3) is 0.167. The summed E-state index contributed by atoms with van der Waals surface area (Å²) in [6.45, 7) is 5.85. The SMILES string of the molecule is Cc1cc(Nc2c(C)n[nH]c2C)n2c(nc3ccccc32)c1C#N. The highest BCUT2D eigenvalue weighted by molar-refractivity contribution is 5.86. The molecule has 0 saturated carbocycles. The van der Waals surface area contributed by atoms with Crippen molar-refractivity contribution in [3.05, 3.63) is 52.8 Å². The van der Waals surface area contributed by atoms with Crippen molar-refractivity contribution in [3.8, 4) is 6.07 Å². The van der Waals surface area contributed by atoms with Crippen molar-refractivity contribution in [1.29, 1.82) is 5.26 Å². The second-order valence-corrected chi connectivity index (χ2v) is 5.89. The third-order valence-electron chi connectivity index (χ3n) is 4.27. The average Bonchev–Trinajstić information content (AvgIpc) is 3.10. The second kappa shape index (κ2) is 5.10. The number of H-pyrrole nitrogens is 1. The molecule has 24 heavy (non-hydrogen) atoms. The molecule has 0 radical (unpaired) electrons. The van der Waals surface area contributed by atoms with Gasteiger partial charge in [-0.3, -0.25) is 9.50 Å². The Morgan fingerprint density at radius 1 is 1.21 bits per heavy atom. The summed E-state index contributed by atoms with van der Waals surface area (Å²) in [7, 11) is 0. The Bertz CT molecular complexity index is 1110. The predicted octanol–water partition coefficient (Wildman–Crippen LogP) is 3.75. The zero-order chi connectivity index (χ0) is 16.8. The number of hydrogen-bond acceptors (Lipinski definition) is 4. The number of hydrogen-bond donors (Lipinski definition) is 2. The number of aromatic amines is 1. The largest absolute Gasteiger partial charge is 0.338 e. The summed E-state index contributed by atoms with van der Waals surface area (Å²) < 4.78 is 1.99. The molecule has 0 aliphatic rings. The Morgan fingerprint density at radius 3 is 2.71 bits per heavy atom. The minimum Gasteiger partial charge on any atom is -0.338 e. The molecule has 0 spiro atoms. The van der Waals surface area contributed by atoms with E-state index in [2.05, 4.69) is 26.6 Å². The Morgan fingerprint density at radius 2 is 2.00 bits per heavy atom. The van der Waals surface area contributed by atoms with Crippen LogP contribution in [0.1, 0.15) is 22.5 Å². The molecule has 0 unspecified atom stereocenters. The molecule has 1 aromatic carbocycles. The Balaban J connectivity index is 2.07. The molecule has 4 rings (SSSR count). The first-order valence-corrected chi connectivity index (χ1v) is 7.69. The zero-order valence-electron chi connectivity index (χ0n) is 13.7. The first-order chi connectivity index (χ1) is 11.6. The number of fused-ring (bicyclic) bond motifs is 3. The maximum Gasteiger partial charge on any atom is 0.157 e. The molecule has 6 heteroatoms. The number of pyridine rings is 1. The van der Waals surface area contributed by atoms with Crippen molar-refractivity contribution < 1.29 is 0 Å². The van der Waals surface area contributed by atoms with Crippen molar-refractivity contribution in [2.24, 2.45) is 0 Å². The Labute approximate surface area is 138 Å². The van der Waals surface area contributed by atoms with Crippen LogP contribution in [0.4, 0.5) is 11.5 Å². The summed E-state index contributed by atoms with van der Waals surface area (Å²) in [5.41, 5.74) is 6.78. The van der Waals surface area contributed by atoms with E-state index in [0.717, 1.165) is 39.5 Å². The van der Waals surface area contributed by atoms with E-state index in [0.29, 0.717) is 11.2 Å². The van der Waals surface area contributed by atoms with Gasteiger partial charge in [0, 0.05) is 0 Å². The van der Waals surface area contributed by atoms with Crippen LogP contribution in [0, 0.1) is 32.1 Å². The van der Waals surface area contributed by atoms with E-state index in [1.165, 1.54) is 0 Å². The molecule has 3 heterocycles. The quantitative estimate of drug-likeness (QED) is 0.590. The fourth-order valence-corrected chi connectivity index (χ4v) is 3.05. The summed E-state index contributed by atoms with van der Waals surface area (Å²) in [6, 6.07) is 12.1. The lowest BCUT2D eigenvalue weighted by molar-refractivity contribution is 1.02. The highest BCUT2D eigenvalue weighted by Crippen LogP contribution is 2.29. The number of rotatable bonds is 2. The number of aryl methyl sites for hydroxylation is 3. The summed E-state index contributed by atoms with van der Waals surface area (Å²) >= 11 is 0. The minimum atomic E-state index is 0.595. The van der Waals surface area contributed by atoms with Gasteiger partial charge in [-0.15, -0.1) is 0 Å². The average molecular weight is 316 g/mol. The van der Waals surface area contributed by atoms with E-state index in [4.69, 9.17) is 0 Å². The number of nitriles is 1. The number of nitrogens with zero attached hydrogens (tertiary/aromatic N) is 4. The standard InChI is InChI=1S/C18H16N6/c1-10-8-16(21-17-11(2)22-23-12(17)3)24-15-7-5-4-6-14(15)20-18(24)13(10)9-19/h4-8,21H,1-3H3,(H,22,23). The van der Waals surface area contributed by atoms with Crippen molar-refractivity contribution in [2.75, 3.05) is 5.32 Å². The molecule has 0 amide bonds. The maximum absolute atomic E-state index is 9.54.